The zero-order valence-corrected chi connectivity index (χ0v) is 16.2. The van der Waals surface area contributed by atoms with Crippen LogP contribution >= 0.6 is 0 Å². The van der Waals surface area contributed by atoms with Crippen LogP contribution in [0.15, 0.2) is 48.5 Å². The third kappa shape index (κ3) is 3.49. The van der Waals surface area contributed by atoms with Crippen LogP contribution in [-0.4, -0.2) is 0 Å². The fraction of sp³-hybridized carbons (Fsp3) is 0.273. The quantitative estimate of drug-likeness (QED) is 0.410. The van der Waals surface area contributed by atoms with Crippen molar-refractivity contribution in [3.63, 3.8) is 0 Å². The monoisotopic (exact) mass is 340 g/mol. The smallest absolute Gasteiger partial charge is 0.358 e. The van der Waals surface area contributed by atoms with Gasteiger partial charge in [-0.05, 0) is 46.9 Å². The predicted molar refractivity (Wildman–Crippen MR) is 99.3 cm³/mol. The van der Waals surface area contributed by atoms with Gasteiger partial charge in [-0.1, -0.05) is 54.4 Å². The van der Waals surface area contributed by atoms with Crippen molar-refractivity contribution in [1.29, 1.82) is 0 Å². The second-order valence-electron chi connectivity index (χ2n) is 6.01. The Morgan fingerprint density at radius 2 is 1.13 bits per heavy atom. The Balaban J connectivity index is 0.00000121. The van der Waals surface area contributed by atoms with Crippen molar-refractivity contribution < 1.29 is 21.7 Å². The first-order valence-electron chi connectivity index (χ1n) is 7.36. The average Bonchev–Trinajstić information content (AvgIpc) is 2.92. The van der Waals surface area contributed by atoms with Gasteiger partial charge in [0.1, 0.15) is 0 Å². The summed E-state index contributed by atoms with van der Waals surface area (Å²) < 4.78 is 0. The molecule has 0 aromatic heterocycles. The minimum absolute atomic E-state index is 0. The molecule has 1 fully saturated rings. The van der Waals surface area contributed by atoms with E-state index in [0.717, 1.165) is 24.2 Å². The molecule has 1 heteroatoms. The molecule has 120 valence electrons. The van der Waals surface area contributed by atoms with Gasteiger partial charge < -0.3 is 29.2 Å². The molecule has 0 heterocycles. The molecule has 0 bridgehead atoms. The van der Waals surface area contributed by atoms with Crippen LogP contribution in [0.5, 0.6) is 0 Å². The van der Waals surface area contributed by atoms with E-state index in [4.69, 9.17) is 0 Å². The molecule has 2 aliphatic rings. The molecule has 0 saturated heterocycles. The Hall–Kier alpha value is -0.846. The summed E-state index contributed by atoms with van der Waals surface area (Å²) in [6.07, 6.45) is 3.72. The van der Waals surface area contributed by atoms with E-state index >= 15 is 0 Å². The molecule has 2 aromatic rings. The summed E-state index contributed by atoms with van der Waals surface area (Å²) in [6, 6.07) is 18.0. The van der Waals surface area contributed by atoms with Crippen LogP contribution < -0.4 is 0 Å². The third-order valence-electron chi connectivity index (χ3n) is 5.08. The largest absolute Gasteiger partial charge is 4.00 e. The number of fused-ring (bicyclic) bond motifs is 6. The zero-order chi connectivity index (χ0) is 12.8. The molecule has 2 aliphatic carbocycles. The van der Waals surface area contributed by atoms with Gasteiger partial charge >= 0.3 is 21.7 Å². The molecular weight excluding hydrogens is 312 g/mol. The summed E-state index contributed by atoms with van der Waals surface area (Å²) in [5.74, 6) is 2.24. The van der Waals surface area contributed by atoms with Gasteiger partial charge in [0.05, 0.1) is 0 Å². The molecule has 0 amide bonds. The predicted octanol–water partition coefficient (Wildman–Crippen LogP) is 6.52. The van der Waals surface area contributed by atoms with E-state index in [1.165, 1.54) is 24.0 Å². The van der Waals surface area contributed by atoms with Crippen LogP contribution in [0.4, 0.5) is 0 Å². The first kappa shape index (κ1) is 22.2. The van der Waals surface area contributed by atoms with E-state index in [-0.39, 0.29) is 44.0 Å². The van der Waals surface area contributed by atoms with Crippen molar-refractivity contribution >= 4 is 0 Å². The Morgan fingerprint density at radius 3 is 1.52 bits per heavy atom. The van der Waals surface area contributed by atoms with Crippen LogP contribution in [0, 0.1) is 35.1 Å². The molecule has 1 saturated carbocycles. The normalized spacial score (nSPS) is 22.7. The fourth-order valence-corrected chi connectivity index (χ4v) is 4.20. The van der Waals surface area contributed by atoms with Crippen molar-refractivity contribution in [2.75, 3.05) is 0 Å². The summed E-state index contributed by atoms with van der Waals surface area (Å²) in [5.41, 5.74) is 6.07. The average molecular weight is 340 g/mol. The van der Waals surface area contributed by atoms with Gasteiger partial charge in [-0.2, -0.15) is 6.42 Å². The fourth-order valence-electron chi connectivity index (χ4n) is 4.20. The third-order valence-corrected chi connectivity index (χ3v) is 5.08. The Morgan fingerprint density at radius 1 is 0.739 bits per heavy atom. The summed E-state index contributed by atoms with van der Waals surface area (Å²) in [7, 11) is 0. The van der Waals surface area contributed by atoms with E-state index in [9.17, 15) is 0 Å². The second-order valence-corrected chi connectivity index (χ2v) is 6.01. The maximum atomic E-state index is 4.14. The van der Waals surface area contributed by atoms with E-state index < -0.39 is 0 Å². The van der Waals surface area contributed by atoms with Crippen LogP contribution in [0.3, 0.4) is 0 Å². The van der Waals surface area contributed by atoms with E-state index in [2.05, 4.69) is 55.5 Å². The number of hydrogen-bond acceptors (Lipinski definition) is 0. The van der Waals surface area contributed by atoms with Crippen LogP contribution in [0.25, 0.3) is 11.1 Å². The van der Waals surface area contributed by atoms with Crippen molar-refractivity contribution in [1.82, 2.24) is 0 Å². The number of hydrogen-bond donors (Lipinski definition) is 0. The van der Waals surface area contributed by atoms with Gasteiger partial charge in [0.25, 0.3) is 0 Å². The summed E-state index contributed by atoms with van der Waals surface area (Å²) in [5, 5.41) is 0. The molecule has 2 aromatic carbocycles. The molecule has 0 aliphatic heterocycles. The van der Waals surface area contributed by atoms with Gasteiger partial charge in [-0.15, -0.1) is 0 Å². The molecular formula is C22H28Ti. The molecule has 2 atom stereocenters. The van der Waals surface area contributed by atoms with Crippen molar-refractivity contribution in [2.24, 2.45) is 5.92 Å². The molecule has 0 nitrogen and oxygen atoms in total. The summed E-state index contributed by atoms with van der Waals surface area (Å²) in [6.45, 7) is 4.14. The van der Waals surface area contributed by atoms with E-state index in [0.29, 0.717) is 0 Å². The van der Waals surface area contributed by atoms with Crippen molar-refractivity contribution in [3.8, 4) is 11.1 Å². The Labute approximate surface area is 158 Å². The van der Waals surface area contributed by atoms with Crippen molar-refractivity contribution in [2.45, 2.75) is 31.1 Å². The Kier molecular flexibility index (Phi) is 8.53. The number of rotatable bonds is 1. The molecule has 2 unspecified atom stereocenters. The number of benzene rings is 2. The van der Waals surface area contributed by atoms with E-state index in [1.54, 1.807) is 11.1 Å². The van der Waals surface area contributed by atoms with Crippen molar-refractivity contribution in [3.05, 3.63) is 88.9 Å². The molecule has 0 N–H and O–H groups in total. The SMILES string of the molecule is [CH2-]CC1CC2c3ccccc3-c3ccccc3C2C1.[CH3-].[CH3-].[CH3-].[Ti+4]. The topological polar surface area (TPSA) is 0 Å². The zero-order valence-electron chi connectivity index (χ0n) is 14.7. The second kappa shape index (κ2) is 8.85. The molecule has 0 spiro atoms. The van der Waals surface area contributed by atoms with Gasteiger partial charge in [-0.3, -0.25) is 0 Å². The summed E-state index contributed by atoms with van der Waals surface area (Å²) >= 11 is 0. The summed E-state index contributed by atoms with van der Waals surface area (Å²) in [4.78, 5) is 0. The van der Waals surface area contributed by atoms with Gasteiger partial charge in [0.2, 0.25) is 0 Å². The van der Waals surface area contributed by atoms with Crippen LogP contribution in [0.1, 0.15) is 42.2 Å². The molecule has 0 radical (unpaired) electrons. The van der Waals surface area contributed by atoms with Gasteiger partial charge in [0.15, 0.2) is 0 Å². The van der Waals surface area contributed by atoms with Crippen LogP contribution in [0.2, 0.25) is 0 Å². The minimum atomic E-state index is 0. The standard InChI is InChI=1S/C19H19.3CH3.Ti/c1-2-13-11-18-16-9-5-3-7-14(16)15-8-4-6-10-17(15)19(18)12-13;;;;/h3-10,13,18-19H,1-2,11-12H2;3*1H3;/q4*-1;+4. The maximum absolute atomic E-state index is 4.14. The first-order chi connectivity index (χ1) is 9.38. The molecule has 4 rings (SSSR count). The van der Waals surface area contributed by atoms with E-state index in [1.807, 2.05) is 0 Å². The first-order valence-corrected chi connectivity index (χ1v) is 7.36. The van der Waals surface area contributed by atoms with Gasteiger partial charge in [-0.25, -0.2) is 0 Å². The van der Waals surface area contributed by atoms with Crippen LogP contribution in [-0.2, 0) is 21.7 Å². The Bertz CT molecular complexity index is 563. The molecule has 23 heavy (non-hydrogen) atoms. The van der Waals surface area contributed by atoms with Gasteiger partial charge in [0, 0.05) is 0 Å². The minimum Gasteiger partial charge on any atom is -0.358 e. The maximum Gasteiger partial charge on any atom is 4.00 e.